The van der Waals surface area contributed by atoms with E-state index in [9.17, 15) is 14.0 Å². The van der Waals surface area contributed by atoms with Gasteiger partial charge in [0, 0.05) is 18.2 Å². The molecule has 0 saturated heterocycles. The van der Waals surface area contributed by atoms with Gasteiger partial charge >= 0.3 is 5.24 Å². The van der Waals surface area contributed by atoms with Crippen molar-refractivity contribution >= 4 is 39.7 Å². The molecule has 1 unspecified atom stereocenters. The molecule has 2 N–H and O–H groups in total. The number of halogens is 1. The van der Waals surface area contributed by atoms with E-state index in [1.807, 2.05) is 42.8 Å². The number of nitrogens with zero attached hydrogens (tertiary/aromatic N) is 4. The van der Waals surface area contributed by atoms with Crippen LogP contribution in [0.15, 0.2) is 47.6 Å². The highest BCUT2D eigenvalue weighted by atomic mass is 32.2. The van der Waals surface area contributed by atoms with E-state index >= 15 is 0 Å². The first kappa shape index (κ1) is 19.1. The van der Waals surface area contributed by atoms with E-state index in [0.29, 0.717) is 17.1 Å². The summed E-state index contributed by atoms with van der Waals surface area (Å²) >= 11 is 1.09. The number of imidazole rings is 1. The number of thioether (sulfide) groups is 1. The van der Waals surface area contributed by atoms with Crippen molar-refractivity contribution in [2.24, 2.45) is 17.9 Å². The molecular formula is C20H18FN5O2S. The first-order valence-corrected chi connectivity index (χ1v) is 9.79. The van der Waals surface area contributed by atoms with Crippen molar-refractivity contribution in [3.05, 3.63) is 53.8 Å². The molecule has 0 aliphatic carbocycles. The van der Waals surface area contributed by atoms with Gasteiger partial charge in [-0.15, -0.1) is 0 Å². The van der Waals surface area contributed by atoms with E-state index in [-0.39, 0.29) is 22.9 Å². The minimum absolute atomic E-state index is 0.185. The zero-order valence-corrected chi connectivity index (χ0v) is 16.6. The monoisotopic (exact) mass is 411 g/mol. The minimum Gasteiger partial charge on any atom is -0.368 e. The van der Waals surface area contributed by atoms with Crippen LogP contribution < -0.4 is 5.73 Å². The van der Waals surface area contributed by atoms with Crippen LogP contribution in [-0.2, 0) is 11.8 Å². The van der Waals surface area contributed by atoms with Gasteiger partial charge in [-0.05, 0) is 31.2 Å². The highest BCUT2D eigenvalue weighted by molar-refractivity contribution is 8.14. The maximum absolute atomic E-state index is 13.6. The molecule has 29 heavy (non-hydrogen) atoms. The topological polar surface area (TPSA) is 93.6 Å². The van der Waals surface area contributed by atoms with Crippen molar-refractivity contribution in [1.29, 1.82) is 0 Å². The average Bonchev–Trinajstić information content (AvgIpc) is 3.00. The van der Waals surface area contributed by atoms with Crippen LogP contribution in [0.3, 0.4) is 0 Å². The number of rotatable bonds is 4. The normalized spacial score (nSPS) is 16.9. The lowest BCUT2D eigenvalue weighted by atomic mass is 10.1. The summed E-state index contributed by atoms with van der Waals surface area (Å²) in [6, 6.07) is 12.0. The Bertz CT molecular complexity index is 1170. The van der Waals surface area contributed by atoms with Crippen molar-refractivity contribution in [3.63, 3.8) is 0 Å². The highest BCUT2D eigenvalue weighted by Crippen LogP contribution is 2.29. The van der Waals surface area contributed by atoms with Crippen molar-refractivity contribution in [1.82, 2.24) is 14.6 Å². The lowest BCUT2D eigenvalue weighted by molar-refractivity contribution is -0.118. The third-order valence-electron chi connectivity index (χ3n) is 4.67. The molecule has 148 valence electrons. The molecular weight excluding hydrogens is 393 g/mol. The standard InChI is InChI=1S/C20H18FN5O2S/c1-11-18(24-26(10-17(22)27)20(28)29-11)12-6-7-16-15(9-12)23-19(25(16)2)13-4-3-5-14(21)8-13/h3-9,11H,10H2,1-2H3,(H2,22,27). The second-order valence-electron chi connectivity index (χ2n) is 6.74. The maximum atomic E-state index is 13.6. The van der Waals surface area contributed by atoms with Gasteiger partial charge in [0.25, 0.3) is 0 Å². The quantitative estimate of drug-likeness (QED) is 0.714. The zero-order valence-electron chi connectivity index (χ0n) is 15.8. The molecule has 9 heteroatoms. The van der Waals surface area contributed by atoms with Crippen LogP contribution in [0.1, 0.15) is 12.5 Å². The summed E-state index contributed by atoms with van der Waals surface area (Å²) in [6.45, 7) is 1.61. The number of fused-ring (bicyclic) bond motifs is 1. The number of hydrazone groups is 1. The van der Waals surface area contributed by atoms with Gasteiger partial charge in [-0.2, -0.15) is 5.10 Å². The number of aryl methyl sites for hydroxylation is 1. The van der Waals surface area contributed by atoms with E-state index in [1.165, 1.54) is 12.1 Å². The Morgan fingerprint density at radius 1 is 1.24 bits per heavy atom. The smallest absolute Gasteiger partial charge is 0.302 e. The summed E-state index contributed by atoms with van der Waals surface area (Å²) in [6.07, 6.45) is 0. The van der Waals surface area contributed by atoms with E-state index in [4.69, 9.17) is 5.73 Å². The van der Waals surface area contributed by atoms with E-state index in [2.05, 4.69) is 10.1 Å². The fourth-order valence-electron chi connectivity index (χ4n) is 3.30. The Morgan fingerprint density at radius 2 is 2.03 bits per heavy atom. The number of primary amides is 1. The Balaban J connectivity index is 1.77. The van der Waals surface area contributed by atoms with Gasteiger partial charge < -0.3 is 10.3 Å². The van der Waals surface area contributed by atoms with E-state index in [0.717, 1.165) is 33.4 Å². The Hall–Kier alpha value is -3.20. The summed E-state index contributed by atoms with van der Waals surface area (Å²) in [4.78, 5) is 28.0. The van der Waals surface area contributed by atoms with Gasteiger partial charge in [0.1, 0.15) is 18.2 Å². The summed E-state index contributed by atoms with van der Waals surface area (Å²) in [5.41, 5.74) is 8.96. The molecule has 2 amide bonds. The number of benzene rings is 2. The summed E-state index contributed by atoms with van der Waals surface area (Å²) in [7, 11) is 1.87. The largest absolute Gasteiger partial charge is 0.368 e. The van der Waals surface area contributed by atoms with E-state index < -0.39 is 5.91 Å². The van der Waals surface area contributed by atoms with Gasteiger partial charge in [0.15, 0.2) is 0 Å². The maximum Gasteiger partial charge on any atom is 0.302 e. The van der Waals surface area contributed by atoms with Crippen LogP contribution in [0.2, 0.25) is 0 Å². The number of carbonyl (C=O) groups is 2. The first-order valence-electron chi connectivity index (χ1n) is 8.91. The fraction of sp³-hybridized carbons (Fsp3) is 0.200. The van der Waals surface area contributed by atoms with Gasteiger partial charge in [-0.1, -0.05) is 30.0 Å². The number of amides is 2. The number of hydrogen-bond acceptors (Lipinski definition) is 5. The van der Waals surface area contributed by atoms with Crippen LogP contribution in [0.4, 0.5) is 9.18 Å². The van der Waals surface area contributed by atoms with Crippen molar-refractivity contribution in [2.75, 3.05) is 6.54 Å². The average molecular weight is 411 g/mol. The van der Waals surface area contributed by atoms with Crippen molar-refractivity contribution in [2.45, 2.75) is 12.2 Å². The predicted molar refractivity (Wildman–Crippen MR) is 111 cm³/mol. The van der Waals surface area contributed by atoms with Gasteiger partial charge in [-0.25, -0.2) is 14.4 Å². The third kappa shape index (κ3) is 3.61. The molecule has 1 aromatic heterocycles. The molecule has 1 aliphatic rings. The molecule has 0 fully saturated rings. The van der Waals surface area contributed by atoms with Crippen LogP contribution in [-0.4, -0.2) is 43.2 Å². The Labute approximate surface area is 170 Å². The fourth-order valence-corrected chi connectivity index (χ4v) is 4.13. The third-order valence-corrected chi connectivity index (χ3v) is 5.66. The zero-order chi connectivity index (χ0) is 20.7. The SMILES string of the molecule is CC1SC(=O)N(CC(N)=O)N=C1c1ccc2c(c1)nc(-c1cccc(F)c1)n2C. The van der Waals surface area contributed by atoms with Crippen LogP contribution >= 0.6 is 11.8 Å². The molecule has 3 aromatic rings. The molecule has 1 aliphatic heterocycles. The first-order chi connectivity index (χ1) is 13.8. The Morgan fingerprint density at radius 3 is 2.76 bits per heavy atom. The number of nitrogens with two attached hydrogens (primary N) is 1. The number of carbonyl (C=O) groups excluding carboxylic acids is 2. The second kappa shape index (κ2) is 7.32. The van der Waals surface area contributed by atoms with Gasteiger partial charge in [0.2, 0.25) is 5.91 Å². The lowest BCUT2D eigenvalue weighted by Gasteiger charge is -2.26. The van der Waals surface area contributed by atoms with Crippen LogP contribution in [0, 0.1) is 5.82 Å². The molecule has 0 bridgehead atoms. The highest BCUT2D eigenvalue weighted by Gasteiger charge is 2.29. The molecule has 0 saturated carbocycles. The lowest BCUT2D eigenvalue weighted by Crippen LogP contribution is -2.39. The van der Waals surface area contributed by atoms with E-state index in [1.54, 1.807) is 6.07 Å². The van der Waals surface area contributed by atoms with Gasteiger partial charge in [-0.3, -0.25) is 9.59 Å². The summed E-state index contributed by atoms with van der Waals surface area (Å²) in [5, 5.41) is 4.94. The summed E-state index contributed by atoms with van der Waals surface area (Å²) < 4.78 is 15.5. The predicted octanol–water partition coefficient (Wildman–Crippen LogP) is 3.13. The molecule has 2 heterocycles. The molecule has 0 radical (unpaired) electrons. The molecule has 0 spiro atoms. The number of aromatic nitrogens is 2. The Kier molecular flexibility index (Phi) is 4.83. The second-order valence-corrected chi connectivity index (χ2v) is 8.04. The molecule has 7 nitrogen and oxygen atoms in total. The van der Waals surface area contributed by atoms with Crippen molar-refractivity contribution < 1.29 is 14.0 Å². The van der Waals surface area contributed by atoms with Gasteiger partial charge in [0.05, 0.1) is 22.0 Å². The van der Waals surface area contributed by atoms with Crippen molar-refractivity contribution in [3.8, 4) is 11.4 Å². The van der Waals surface area contributed by atoms with Crippen LogP contribution in [0.25, 0.3) is 22.4 Å². The molecule has 2 aromatic carbocycles. The molecule has 1 atom stereocenters. The minimum atomic E-state index is -0.628. The molecule has 4 rings (SSSR count). The number of hydrogen-bond donors (Lipinski definition) is 1. The van der Waals surface area contributed by atoms with Crippen LogP contribution in [0.5, 0.6) is 0 Å². The summed E-state index contributed by atoms with van der Waals surface area (Å²) in [5.74, 6) is -0.302.